The fraction of sp³-hybridized carbons (Fsp3) is 0.409. The number of benzene rings is 1. The third-order valence-electron chi connectivity index (χ3n) is 5.25. The number of carbonyl (C=O) groups excluding carboxylic acids is 1. The molecule has 1 aliphatic rings. The minimum absolute atomic E-state index is 0.0717. The number of aryl methyl sites for hydroxylation is 3. The molecule has 28 heavy (non-hydrogen) atoms. The van der Waals surface area contributed by atoms with Gasteiger partial charge in [0.05, 0.1) is 5.39 Å². The maximum Gasteiger partial charge on any atom is 0.259 e. The van der Waals surface area contributed by atoms with E-state index in [4.69, 9.17) is 0 Å². The summed E-state index contributed by atoms with van der Waals surface area (Å²) in [6, 6.07) is 7.94. The Balaban J connectivity index is 1.41. The zero-order valence-corrected chi connectivity index (χ0v) is 17.3. The predicted molar refractivity (Wildman–Crippen MR) is 114 cm³/mol. The van der Waals surface area contributed by atoms with E-state index in [0.717, 1.165) is 35.2 Å². The molecule has 5 nitrogen and oxygen atoms in total. The maximum absolute atomic E-state index is 12.5. The van der Waals surface area contributed by atoms with Gasteiger partial charge in [-0.1, -0.05) is 32.9 Å². The van der Waals surface area contributed by atoms with Crippen molar-refractivity contribution in [2.24, 2.45) is 0 Å². The van der Waals surface area contributed by atoms with Gasteiger partial charge in [0, 0.05) is 23.4 Å². The summed E-state index contributed by atoms with van der Waals surface area (Å²) in [4.78, 5) is 34.4. The molecule has 0 radical (unpaired) electrons. The normalized spacial score (nSPS) is 13.7. The van der Waals surface area contributed by atoms with Gasteiger partial charge in [-0.3, -0.25) is 9.59 Å². The molecular weight excluding hydrogens is 370 g/mol. The quantitative estimate of drug-likeness (QED) is 0.690. The van der Waals surface area contributed by atoms with Gasteiger partial charge in [0.2, 0.25) is 5.91 Å². The molecule has 0 bridgehead atoms. The molecule has 146 valence electrons. The number of rotatable bonds is 4. The maximum atomic E-state index is 12.5. The summed E-state index contributed by atoms with van der Waals surface area (Å²) < 4.78 is 0. The summed E-state index contributed by atoms with van der Waals surface area (Å²) in [6.45, 7) is 6.48. The highest BCUT2D eigenvalue weighted by molar-refractivity contribution is 7.18. The highest BCUT2D eigenvalue weighted by Crippen LogP contribution is 2.34. The Morgan fingerprint density at radius 2 is 1.96 bits per heavy atom. The van der Waals surface area contributed by atoms with Crippen LogP contribution in [0.4, 0.5) is 5.69 Å². The Kier molecular flexibility index (Phi) is 4.83. The van der Waals surface area contributed by atoms with Gasteiger partial charge in [-0.05, 0) is 47.9 Å². The molecule has 6 heteroatoms. The fourth-order valence-corrected chi connectivity index (χ4v) is 4.96. The van der Waals surface area contributed by atoms with Crippen molar-refractivity contribution in [3.8, 4) is 0 Å². The van der Waals surface area contributed by atoms with Crippen LogP contribution in [0.3, 0.4) is 0 Å². The van der Waals surface area contributed by atoms with Crippen LogP contribution < -0.4 is 10.9 Å². The van der Waals surface area contributed by atoms with E-state index >= 15 is 0 Å². The van der Waals surface area contributed by atoms with Crippen LogP contribution in [0.1, 0.15) is 55.4 Å². The molecule has 0 spiro atoms. The average molecular weight is 396 g/mol. The average Bonchev–Trinajstić information content (AvgIpc) is 3.20. The van der Waals surface area contributed by atoms with Gasteiger partial charge in [0.25, 0.3) is 5.56 Å². The van der Waals surface area contributed by atoms with Crippen molar-refractivity contribution < 1.29 is 4.79 Å². The number of thiophene rings is 1. The van der Waals surface area contributed by atoms with Crippen molar-refractivity contribution >= 4 is 33.1 Å². The van der Waals surface area contributed by atoms with Crippen molar-refractivity contribution in [1.29, 1.82) is 0 Å². The smallest absolute Gasteiger partial charge is 0.259 e. The number of hydrogen-bond donors (Lipinski definition) is 2. The molecule has 1 aliphatic carbocycles. The number of hydrogen-bond acceptors (Lipinski definition) is 4. The predicted octanol–water partition coefficient (Wildman–Crippen LogP) is 4.34. The molecular formula is C22H25N3O2S. The second-order valence-corrected chi connectivity index (χ2v) is 9.51. The number of fused-ring (bicyclic) bond motifs is 3. The SMILES string of the molecule is CC(C)(C)c1ccc(NC(=O)CCc2nc3sc4c(c3c(=O)[nH]2)CCC4)cc1. The van der Waals surface area contributed by atoms with Crippen LogP contribution in [0.5, 0.6) is 0 Å². The summed E-state index contributed by atoms with van der Waals surface area (Å²) >= 11 is 1.62. The fourth-order valence-electron chi connectivity index (χ4n) is 3.67. The highest BCUT2D eigenvalue weighted by atomic mass is 32.1. The first-order valence-corrected chi connectivity index (χ1v) is 10.6. The Hall–Kier alpha value is -2.47. The van der Waals surface area contributed by atoms with Gasteiger partial charge in [-0.2, -0.15) is 0 Å². The molecule has 4 rings (SSSR count). The van der Waals surface area contributed by atoms with E-state index in [1.165, 1.54) is 16.0 Å². The molecule has 0 aliphatic heterocycles. The number of anilines is 1. The van der Waals surface area contributed by atoms with Gasteiger partial charge >= 0.3 is 0 Å². The number of amides is 1. The van der Waals surface area contributed by atoms with Crippen LogP contribution in [-0.4, -0.2) is 15.9 Å². The summed E-state index contributed by atoms with van der Waals surface area (Å²) in [6.07, 6.45) is 3.83. The van der Waals surface area contributed by atoms with Crippen LogP contribution in [0.15, 0.2) is 29.1 Å². The molecule has 3 aromatic rings. The van der Waals surface area contributed by atoms with Gasteiger partial charge in [0.1, 0.15) is 10.7 Å². The van der Waals surface area contributed by atoms with Crippen LogP contribution >= 0.6 is 11.3 Å². The summed E-state index contributed by atoms with van der Waals surface area (Å²) in [5.41, 5.74) is 3.20. The number of aromatic amines is 1. The first-order chi connectivity index (χ1) is 13.3. The molecule has 1 aromatic carbocycles. The van der Waals surface area contributed by atoms with Crippen LogP contribution in [-0.2, 0) is 29.5 Å². The Labute approximate surface area is 168 Å². The van der Waals surface area contributed by atoms with E-state index in [1.54, 1.807) is 11.3 Å². The van der Waals surface area contributed by atoms with Crippen LogP contribution in [0, 0.1) is 0 Å². The summed E-state index contributed by atoms with van der Waals surface area (Å²) in [5, 5.41) is 3.67. The van der Waals surface area contributed by atoms with Crippen molar-refractivity contribution in [3.05, 3.63) is 56.4 Å². The van der Waals surface area contributed by atoms with E-state index in [1.807, 2.05) is 24.3 Å². The zero-order valence-electron chi connectivity index (χ0n) is 16.5. The first-order valence-electron chi connectivity index (χ1n) is 9.75. The lowest BCUT2D eigenvalue weighted by atomic mass is 9.87. The lowest BCUT2D eigenvalue weighted by Crippen LogP contribution is -2.16. The number of aromatic nitrogens is 2. The number of H-pyrrole nitrogens is 1. The third kappa shape index (κ3) is 3.74. The zero-order chi connectivity index (χ0) is 19.9. The first kappa shape index (κ1) is 18.9. The standard InChI is InChI=1S/C22H25N3O2S/c1-22(2,3)13-7-9-14(10-8-13)23-18(26)12-11-17-24-20(27)19-15-5-4-6-16(15)28-21(19)25-17/h7-10H,4-6,11-12H2,1-3H3,(H,23,26)(H,24,25,27). The van der Waals surface area contributed by atoms with Gasteiger partial charge in [-0.15, -0.1) is 11.3 Å². The van der Waals surface area contributed by atoms with Gasteiger partial charge in [-0.25, -0.2) is 4.98 Å². The van der Waals surface area contributed by atoms with Gasteiger partial charge < -0.3 is 10.3 Å². The monoisotopic (exact) mass is 395 g/mol. The lowest BCUT2D eigenvalue weighted by molar-refractivity contribution is -0.116. The second-order valence-electron chi connectivity index (χ2n) is 8.43. The van der Waals surface area contributed by atoms with E-state index in [-0.39, 0.29) is 23.3 Å². The lowest BCUT2D eigenvalue weighted by Gasteiger charge is -2.19. The summed E-state index contributed by atoms with van der Waals surface area (Å²) in [5.74, 6) is 0.496. The number of nitrogens with one attached hydrogen (secondary N) is 2. The van der Waals surface area contributed by atoms with E-state index in [0.29, 0.717) is 12.2 Å². The minimum atomic E-state index is -0.0834. The second kappa shape index (κ2) is 7.17. The Morgan fingerprint density at radius 1 is 1.21 bits per heavy atom. The van der Waals surface area contributed by atoms with E-state index in [9.17, 15) is 9.59 Å². The minimum Gasteiger partial charge on any atom is -0.326 e. The van der Waals surface area contributed by atoms with Crippen molar-refractivity contribution in [1.82, 2.24) is 9.97 Å². The molecule has 2 N–H and O–H groups in total. The Morgan fingerprint density at radius 3 is 2.68 bits per heavy atom. The Bertz CT molecular complexity index is 1090. The number of nitrogens with zero attached hydrogens (tertiary/aromatic N) is 1. The molecule has 0 saturated carbocycles. The van der Waals surface area contributed by atoms with Crippen molar-refractivity contribution in [2.45, 2.75) is 58.3 Å². The molecule has 2 aromatic heterocycles. The molecule has 2 heterocycles. The van der Waals surface area contributed by atoms with Crippen molar-refractivity contribution in [2.75, 3.05) is 5.32 Å². The summed E-state index contributed by atoms with van der Waals surface area (Å²) in [7, 11) is 0. The molecule has 0 fully saturated rings. The van der Waals surface area contributed by atoms with Crippen molar-refractivity contribution in [3.63, 3.8) is 0 Å². The van der Waals surface area contributed by atoms with Crippen LogP contribution in [0.2, 0.25) is 0 Å². The largest absolute Gasteiger partial charge is 0.326 e. The topological polar surface area (TPSA) is 74.8 Å². The molecule has 0 saturated heterocycles. The highest BCUT2D eigenvalue weighted by Gasteiger charge is 2.21. The molecule has 0 unspecified atom stereocenters. The molecule has 0 atom stereocenters. The third-order valence-corrected chi connectivity index (χ3v) is 6.43. The van der Waals surface area contributed by atoms with E-state index < -0.39 is 0 Å². The van der Waals surface area contributed by atoms with Gasteiger partial charge in [0.15, 0.2) is 0 Å². The number of carbonyl (C=O) groups is 1. The van der Waals surface area contributed by atoms with Crippen LogP contribution in [0.25, 0.3) is 10.2 Å². The molecule has 1 amide bonds. The van der Waals surface area contributed by atoms with E-state index in [2.05, 4.69) is 36.1 Å².